The molecule has 2 aromatic carbocycles. The molecule has 3 aromatic rings. The first-order valence-corrected chi connectivity index (χ1v) is 9.65. The molecule has 0 aliphatic heterocycles. The van der Waals surface area contributed by atoms with Crippen molar-refractivity contribution >= 4 is 11.8 Å². The number of benzene rings is 2. The second-order valence-electron chi connectivity index (χ2n) is 8.10. The predicted octanol–water partition coefficient (Wildman–Crippen LogP) is 3.05. The highest BCUT2D eigenvalue weighted by Crippen LogP contribution is 2.22. The van der Waals surface area contributed by atoms with Crippen LogP contribution in [0, 0.1) is 12.7 Å². The van der Waals surface area contributed by atoms with Crippen LogP contribution >= 0.6 is 0 Å². The van der Waals surface area contributed by atoms with Gasteiger partial charge in [-0.1, -0.05) is 45.0 Å². The van der Waals surface area contributed by atoms with Crippen LogP contribution in [0.4, 0.5) is 4.39 Å². The first kappa shape index (κ1) is 21.9. The van der Waals surface area contributed by atoms with E-state index in [9.17, 15) is 18.8 Å². The van der Waals surface area contributed by atoms with Crippen LogP contribution in [0.2, 0.25) is 0 Å². The van der Waals surface area contributed by atoms with Gasteiger partial charge in [-0.15, -0.1) is 0 Å². The quantitative estimate of drug-likeness (QED) is 0.635. The second-order valence-corrected chi connectivity index (χ2v) is 8.10. The summed E-state index contributed by atoms with van der Waals surface area (Å²) in [6.45, 7) is 7.76. The van der Waals surface area contributed by atoms with Crippen LogP contribution in [0.3, 0.4) is 0 Å². The molecule has 8 heteroatoms. The third kappa shape index (κ3) is 4.85. The number of carbonyl (C=O) groups is 2. The number of carbonyl (C=O) groups excluding carboxylic acids is 2. The Labute approximate surface area is 178 Å². The van der Waals surface area contributed by atoms with Gasteiger partial charge in [0.1, 0.15) is 11.5 Å². The fourth-order valence-electron chi connectivity index (χ4n) is 2.94. The maximum Gasteiger partial charge on any atom is 0.294 e. The van der Waals surface area contributed by atoms with Gasteiger partial charge >= 0.3 is 0 Å². The Morgan fingerprint density at radius 3 is 2.19 bits per heavy atom. The number of halogens is 1. The first-order chi connectivity index (χ1) is 14.6. The normalized spacial score (nSPS) is 11.1. The smallest absolute Gasteiger partial charge is 0.287 e. The van der Waals surface area contributed by atoms with E-state index in [1.807, 2.05) is 12.1 Å². The summed E-state index contributed by atoms with van der Waals surface area (Å²) in [6.07, 6.45) is 0. The molecular weight excluding hydrogens is 399 g/mol. The van der Waals surface area contributed by atoms with E-state index in [0.29, 0.717) is 11.3 Å². The van der Waals surface area contributed by atoms with E-state index in [4.69, 9.17) is 0 Å². The van der Waals surface area contributed by atoms with Crippen LogP contribution < -0.4 is 16.3 Å². The molecule has 0 fully saturated rings. The molecule has 3 rings (SSSR count). The van der Waals surface area contributed by atoms with E-state index in [-0.39, 0.29) is 11.1 Å². The molecule has 1 heterocycles. The van der Waals surface area contributed by atoms with Gasteiger partial charge < -0.3 is 0 Å². The monoisotopic (exact) mass is 422 g/mol. The lowest BCUT2D eigenvalue weighted by Crippen LogP contribution is -2.44. The standard InChI is InChI=1S/C23H23FN4O3/c1-14-13-19(29)20(27-28(14)18-8-6-5-7-17(18)24)22(31)26-25-21(30)15-9-11-16(12-10-15)23(2,3)4/h5-13H,1-4H3,(H,25,30)(H,26,31). The highest BCUT2D eigenvalue weighted by atomic mass is 19.1. The van der Waals surface area contributed by atoms with Crippen molar-refractivity contribution in [3.05, 3.63) is 93.2 Å². The number of aromatic nitrogens is 2. The number of hydrazine groups is 1. The number of aryl methyl sites for hydroxylation is 1. The second kappa shape index (κ2) is 8.51. The Hall–Kier alpha value is -3.81. The van der Waals surface area contributed by atoms with E-state index in [1.54, 1.807) is 25.1 Å². The van der Waals surface area contributed by atoms with Crippen LogP contribution in [0.1, 0.15) is 52.9 Å². The summed E-state index contributed by atoms with van der Waals surface area (Å²) in [5, 5.41) is 3.99. The maximum atomic E-state index is 14.1. The maximum absolute atomic E-state index is 14.1. The van der Waals surface area contributed by atoms with Gasteiger partial charge in [0.2, 0.25) is 5.43 Å². The van der Waals surface area contributed by atoms with Crippen molar-refractivity contribution in [3.8, 4) is 5.69 Å². The number of nitrogens with one attached hydrogen (secondary N) is 2. The van der Waals surface area contributed by atoms with Crippen molar-refractivity contribution in [1.82, 2.24) is 20.6 Å². The Balaban J connectivity index is 1.78. The van der Waals surface area contributed by atoms with Crippen LogP contribution in [-0.4, -0.2) is 21.6 Å². The van der Waals surface area contributed by atoms with Gasteiger partial charge in [0, 0.05) is 17.3 Å². The third-order valence-electron chi connectivity index (χ3n) is 4.71. The summed E-state index contributed by atoms with van der Waals surface area (Å²) in [5.74, 6) is -2.01. The zero-order valence-electron chi connectivity index (χ0n) is 17.7. The minimum atomic E-state index is -0.908. The SMILES string of the molecule is Cc1cc(=O)c(C(=O)NNC(=O)c2ccc(C(C)(C)C)cc2)nn1-c1ccccc1F. The highest BCUT2D eigenvalue weighted by Gasteiger charge is 2.18. The predicted molar refractivity (Wildman–Crippen MR) is 115 cm³/mol. The lowest BCUT2D eigenvalue weighted by Gasteiger charge is -2.19. The van der Waals surface area contributed by atoms with Crippen molar-refractivity contribution in [2.75, 3.05) is 0 Å². The Morgan fingerprint density at radius 2 is 1.58 bits per heavy atom. The summed E-state index contributed by atoms with van der Waals surface area (Å²) in [7, 11) is 0. The molecule has 2 N–H and O–H groups in total. The lowest BCUT2D eigenvalue weighted by molar-refractivity contribution is 0.0842. The summed E-state index contributed by atoms with van der Waals surface area (Å²) in [6, 6.07) is 14.0. The van der Waals surface area contributed by atoms with Crippen molar-refractivity contribution in [1.29, 1.82) is 0 Å². The van der Waals surface area contributed by atoms with Gasteiger partial charge in [-0.3, -0.25) is 25.2 Å². The fourth-order valence-corrected chi connectivity index (χ4v) is 2.94. The third-order valence-corrected chi connectivity index (χ3v) is 4.71. The number of hydrogen-bond donors (Lipinski definition) is 2. The molecule has 160 valence electrons. The van der Waals surface area contributed by atoms with E-state index in [2.05, 4.69) is 36.7 Å². The van der Waals surface area contributed by atoms with Crippen LogP contribution in [0.25, 0.3) is 5.69 Å². The van der Waals surface area contributed by atoms with Crippen LogP contribution in [0.5, 0.6) is 0 Å². The number of para-hydroxylation sites is 1. The van der Waals surface area contributed by atoms with Crippen molar-refractivity contribution in [3.63, 3.8) is 0 Å². The molecule has 0 saturated heterocycles. The average molecular weight is 422 g/mol. The van der Waals surface area contributed by atoms with E-state index >= 15 is 0 Å². The molecular formula is C23H23FN4O3. The summed E-state index contributed by atoms with van der Waals surface area (Å²) in [5.41, 5.74) is 5.13. The molecule has 0 radical (unpaired) electrons. The van der Waals surface area contributed by atoms with Gasteiger partial charge in [0.25, 0.3) is 11.8 Å². The van der Waals surface area contributed by atoms with Gasteiger partial charge in [0.15, 0.2) is 5.69 Å². The largest absolute Gasteiger partial charge is 0.294 e. The molecule has 0 aliphatic rings. The topological polar surface area (TPSA) is 93.1 Å². The van der Waals surface area contributed by atoms with E-state index in [0.717, 1.165) is 5.56 Å². The van der Waals surface area contributed by atoms with Gasteiger partial charge in [0.05, 0.1) is 0 Å². The van der Waals surface area contributed by atoms with Gasteiger partial charge in [-0.05, 0) is 42.2 Å². The Bertz CT molecular complexity index is 1190. The molecule has 0 saturated carbocycles. The van der Waals surface area contributed by atoms with Crippen LogP contribution in [-0.2, 0) is 5.41 Å². The molecule has 0 atom stereocenters. The van der Waals surface area contributed by atoms with Gasteiger partial charge in [-0.25, -0.2) is 9.07 Å². The van der Waals surface area contributed by atoms with Gasteiger partial charge in [-0.2, -0.15) is 5.10 Å². The number of nitrogens with zero attached hydrogens (tertiary/aromatic N) is 2. The van der Waals surface area contributed by atoms with E-state index in [1.165, 1.54) is 28.9 Å². The minimum Gasteiger partial charge on any atom is -0.287 e. The lowest BCUT2D eigenvalue weighted by atomic mass is 9.87. The molecule has 7 nitrogen and oxygen atoms in total. The highest BCUT2D eigenvalue weighted by molar-refractivity contribution is 5.98. The zero-order valence-corrected chi connectivity index (χ0v) is 17.7. The fraction of sp³-hybridized carbons (Fsp3) is 0.217. The van der Waals surface area contributed by atoms with Crippen molar-refractivity contribution in [2.45, 2.75) is 33.1 Å². The van der Waals surface area contributed by atoms with E-state index < -0.39 is 28.8 Å². The summed E-state index contributed by atoms with van der Waals surface area (Å²) >= 11 is 0. The average Bonchev–Trinajstić information content (AvgIpc) is 2.72. The summed E-state index contributed by atoms with van der Waals surface area (Å²) in [4.78, 5) is 37.1. The molecule has 0 unspecified atom stereocenters. The number of rotatable bonds is 3. The zero-order chi connectivity index (χ0) is 22.8. The molecule has 0 spiro atoms. The first-order valence-electron chi connectivity index (χ1n) is 9.65. The van der Waals surface area contributed by atoms with Crippen molar-refractivity contribution in [2.24, 2.45) is 0 Å². The molecule has 1 aromatic heterocycles. The Morgan fingerprint density at radius 1 is 0.968 bits per heavy atom. The summed E-state index contributed by atoms with van der Waals surface area (Å²) < 4.78 is 15.3. The molecule has 31 heavy (non-hydrogen) atoms. The number of amides is 2. The molecule has 0 aliphatic carbocycles. The van der Waals surface area contributed by atoms with Crippen molar-refractivity contribution < 1.29 is 14.0 Å². The Kier molecular flexibility index (Phi) is 6.01. The van der Waals surface area contributed by atoms with Crippen LogP contribution in [0.15, 0.2) is 59.4 Å². The molecule has 0 bridgehead atoms. The number of hydrogen-bond acceptors (Lipinski definition) is 4. The minimum absolute atomic E-state index is 0.0571. The molecule has 2 amide bonds.